The van der Waals surface area contributed by atoms with Gasteiger partial charge in [0.05, 0.1) is 16.7 Å². The van der Waals surface area contributed by atoms with Gasteiger partial charge in [0.2, 0.25) is 0 Å². The summed E-state index contributed by atoms with van der Waals surface area (Å²) in [5.74, 6) is -1.13. The number of aromatic nitrogens is 1. The van der Waals surface area contributed by atoms with Crippen LogP contribution in [0.1, 0.15) is 32.6 Å². The van der Waals surface area contributed by atoms with Gasteiger partial charge in [-0.15, -0.1) is 0 Å². The zero-order valence-corrected chi connectivity index (χ0v) is 22.8. The van der Waals surface area contributed by atoms with Gasteiger partial charge in [-0.3, -0.25) is 9.69 Å². The molecule has 1 fully saturated rings. The number of H-pyrrole nitrogens is 1. The van der Waals surface area contributed by atoms with Crippen LogP contribution in [0.2, 0.25) is 0 Å². The van der Waals surface area contributed by atoms with Crippen molar-refractivity contribution in [3.05, 3.63) is 94.7 Å². The summed E-state index contributed by atoms with van der Waals surface area (Å²) >= 11 is 0. The molecule has 0 saturated carbocycles. The second kappa shape index (κ2) is 11.7. The Bertz CT molecular complexity index is 1620. The van der Waals surface area contributed by atoms with Crippen molar-refractivity contribution in [2.75, 3.05) is 42.9 Å². The number of fused-ring (bicyclic) bond motifs is 1. The van der Waals surface area contributed by atoms with E-state index in [9.17, 15) is 44.3 Å². The summed E-state index contributed by atoms with van der Waals surface area (Å²) in [6.45, 7) is 2.95. The van der Waals surface area contributed by atoms with Crippen molar-refractivity contribution in [1.29, 1.82) is 0 Å². The summed E-state index contributed by atoms with van der Waals surface area (Å²) in [5.41, 5.74) is -2.39. The van der Waals surface area contributed by atoms with Crippen LogP contribution in [0.15, 0.2) is 66.9 Å². The van der Waals surface area contributed by atoms with E-state index in [1.807, 2.05) is 4.90 Å². The van der Waals surface area contributed by atoms with Gasteiger partial charge in [-0.1, -0.05) is 6.07 Å². The quantitative estimate of drug-likeness (QED) is 0.214. The van der Waals surface area contributed by atoms with Gasteiger partial charge >= 0.3 is 18.5 Å². The fraction of sp³-hybridized carbons (Fsp3) is 0.300. The maximum absolute atomic E-state index is 13.2. The van der Waals surface area contributed by atoms with E-state index in [0.29, 0.717) is 67.9 Å². The Labute approximate surface area is 245 Å². The summed E-state index contributed by atoms with van der Waals surface area (Å²) < 4.78 is 119. The van der Waals surface area contributed by atoms with Gasteiger partial charge in [-0.05, 0) is 66.6 Å². The highest BCUT2D eigenvalue weighted by atomic mass is 19.4. The van der Waals surface area contributed by atoms with E-state index in [2.05, 4.69) is 15.2 Å². The number of benzene rings is 3. The van der Waals surface area contributed by atoms with Crippen LogP contribution < -0.4 is 10.2 Å². The Morgan fingerprint density at radius 3 is 2.00 bits per heavy atom. The summed E-state index contributed by atoms with van der Waals surface area (Å²) in [4.78, 5) is 19.9. The first-order valence-corrected chi connectivity index (χ1v) is 13.4. The largest absolute Gasteiger partial charge is 0.416 e. The molecule has 1 saturated heterocycles. The van der Waals surface area contributed by atoms with E-state index in [0.717, 1.165) is 17.7 Å². The number of hydrogen-bond acceptors (Lipinski definition) is 3. The second-order valence-corrected chi connectivity index (χ2v) is 10.4. The molecule has 4 aromatic rings. The molecule has 14 heteroatoms. The van der Waals surface area contributed by atoms with Gasteiger partial charge in [0.1, 0.15) is 0 Å². The molecule has 2 N–H and O–H groups in total. The topological polar surface area (TPSA) is 51.4 Å². The summed E-state index contributed by atoms with van der Waals surface area (Å²) in [5, 5.41) is 3.10. The first-order chi connectivity index (χ1) is 20.6. The third-order valence-corrected chi connectivity index (χ3v) is 7.48. The highest BCUT2D eigenvalue weighted by molar-refractivity contribution is 6.05. The molecule has 2 heterocycles. The van der Waals surface area contributed by atoms with Crippen LogP contribution in [0.5, 0.6) is 0 Å². The summed E-state index contributed by atoms with van der Waals surface area (Å²) in [6, 6.07) is 10.6. The SMILES string of the molecule is O=C(Nc1ccc2[nH]cc(CCN3CCN(c4cccc(C(F)(F)F)c4)CC3)c2c1)c1cc(C(F)(F)F)cc(C(F)(F)F)c1. The molecular weight excluding hydrogens is 603 g/mol. The Balaban J connectivity index is 1.24. The van der Waals surface area contributed by atoms with Gasteiger partial charge in [0.25, 0.3) is 5.91 Å². The molecule has 1 amide bonds. The molecule has 234 valence electrons. The van der Waals surface area contributed by atoms with E-state index in [1.54, 1.807) is 24.4 Å². The van der Waals surface area contributed by atoms with Crippen molar-refractivity contribution in [2.24, 2.45) is 0 Å². The summed E-state index contributed by atoms with van der Waals surface area (Å²) in [7, 11) is 0. The number of rotatable bonds is 6. The average Bonchev–Trinajstić information content (AvgIpc) is 3.37. The number of aromatic amines is 1. The van der Waals surface area contributed by atoms with Crippen molar-refractivity contribution >= 4 is 28.2 Å². The Morgan fingerprint density at radius 2 is 1.39 bits per heavy atom. The number of alkyl halides is 9. The predicted octanol–water partition coefficient (Wildman–Crippen LogP) is 7.84. The first-order valence-electron chi connectivity index (χ1n) is 13.4. The number of amides is 1. The lowest BCUT2D eigenvalue weighted by molar-refractivity contribution is -0.143. The molecule has 1 aliphatic heterocycles. The van der Waals surface area contributed by atoms with Gasteiger partial charge in [0.15, 0.2) is 0 Å². The molecule has 44 heavy (non-hydrogen) atoms. The van der Waals surface area contributed by atoms with Gasteiger partial charge in [-0.2, -0.15) is 39.5 Å². The van der Waals surface area contributed by atoms with Crippen LogP contribution in [0.4, 0.5) is 50.9 Å². The number of hydrogen-bond donors (Lipinski definition) is 2. The van der Waals surface area contributed by atoms with E-state index >= 15 is 0 Å². The molecule has 0 radical (unpaired) electrons. The molecule has 0 spiro atoms. The average molecular weight is 629 g/mol. The van der Waals surface area contributed by atoms with Crippen molar-refractivity contribution in [3.8, 4) is 0 Å². The van der Waals surface area contributed by atoms with Gasteiger partial charge < -0.3 is 15.2 Å². The minimum atomic E-state index is -5.08. The van der Waals surface area contributed by atoms with E-state index in [1.165, 1.54) is 12.1 Å². The van der Waals surface area contributed by atoms with Crippen LogP contribution in [-0.4, -0.2) is 48.5 Å². The Kier molecular flexibility index (Phi) is 8.31. The normalized spacial score (nSPS) is 15.2. The van der Waals surface area contributed by atoms with Gasteiger partial charge in [-0.25, -0.2) is 0 Å². The fourth-order valence-electron chi connectivity index (χ4n) is 5.14. The monoisotopic (exact) mass is 628 g/mol. The minimum Gasteiger partial charge on any atom is -0.369 e. The third kappa shape index (κ3) is 7.12. The highest BCUT2D eigenvalue weighted by Crippen LogP contribution is 2.37. The zero-order valence-electron chi connectivity index (χ0n) is 22.8. The highest BCUT2D eigenvalue weighted by Gasteiger charge is 2.37. The van der Waals surface area contributed by atoms with E-state index < -0.39 is 46.7 Å². The molecule has 0 atom stereocenters. The van der Waals surface area contributed by atoms with Crippen LogP contribution in [-0.2, 0) is 24.9 Å². The number of nitrogens with one attached hydrogen (secondary N) is 2. The van der Waals surface area contributed by atoms with Crippen molar-refractivity contribution in [3.63, 3.8) is 0 Å². The number of nitrogens with zero attached hydrogens (tertiary/aromatic N) is 2. The Morgan fingerprint density at radius 1 is 0.750 bits per heavy atom. The molecule has 0 bridgehead atoms. The number of carbonyl (C=O) groups excluding carboxylic acids is 1. The van der Waals surface area contributed by atoms with Crippen molar-refractivity contribution in [1.82, 2.24) is 9.88 Å². The Hall–Kier alpha value is -4.20. The lowest BCUT2D eigenvalue weighted by Crippen LogP contribution is -2.47. The molecule has 5 nitrogen and oxygen atoms in total. The fourth-order valence-corrected chi connectivity index (χ4v) is 5.14. The van der Waals surface area contributed by atoms with E-state index in [4.69, 9.17) is 0 Å². The van der Waals surface area contributed by atoms with Crippen LogP contribution in [0.25, 0.3) is 10.9 Å². The maximum Gasteiger partial charge on any atom is 0.416 e. The number of halogens is 9. The maximum atomic E-state index is 13.2. The first kappa shape index (κ1) is 31.2. The van der Waals surface area contributed by atoms with Crippen molar-refractivity contribution < 1.29 is 44.3 Å². The minimum absolute atomic E-state index is 0.0415. The lowest BCUT2D eigenvalue weighted by atomic mass is 10.0. The number of anilines is 2. The van der Waals surface area contributed by atoms with Crippen LogP contribution in [0.3, 0.4) is 0 Å². The predicted molar refractivity (Wildman–Crippen MR) is 146 cm³/mol. The number of carbonyl (C=O) groups is 1. The zero-order chi connectivity index (χ0) is 31.9. The molecule has 3 aromatic carbocycles. The lowest BCUT2D eigenvalue weighted by Gasteiger charge is -2.36. The molecule has 1 aliphatic rings. The molecule has 1 aromatic heterocycles. The smallest absolute Gasteiger partial charge is 0.369 e. The second-order valence-electron chi connectivity index (χ2n) is 10.4. The standard InChI is InChI=1S/C30H25F9N4O/c31-28(32,33)20-2-1-3-24(15-20)43-10-8-42(9-11-43)7-6-18-17-40-26-5-4-23(16-25(18)26)41-27(44)19-12-21(29(34,35)36)14-22(13-19)30(37,38)39/h1-5,12-17,40H,6-11H2,(H,41,44). The van der Waals surface area contributed by atoms with E-state index in [-0.39, 0.29) is 11.8 Å². The summed E-state index contributed by atoms with van der Waals surface area (Å²) in [6.07, 6.45) is -12.2. The number of piperazine rings is 1. The molecule has 0 aliphatic carbocycles. The molecule has 0 unspecified atom stereocenters. The third-order valence-electron chi connectivity index (χ3n) is 7.48. The molecular formula is C30H25F9N4O. The molecule has 5 rings (SSSR count). The van der Waals surface area contributed by atoms with Crippen LogP contribution in [0, 0.1) is 0 Å². The van der Waals surface area contributed by atoms with Crippen molar-refractivity contribution in [2.45, 2.75) is 24.9 Å². The van der Waals surface area contributed by atoms with Gasteiger partial charge in [0, 0.05) is 66.8 Å². The van der Waals surface area contributed by atoms with Crippen LogP contribution >= 0.6 is 0 Å².